The number of hydrogen-bond acceptors (Lipinski definition) is 3. The predicted molar refractivity (Wildman–Crippen MR) is 119 cm³/mol. The van der Waals surface area contributed by atoms with Crippen LogP contribution in [0, 0.1) is 17.8 Å². The molecule has 1 aromatic rings. The summed E-state index contributed by atoms with van der Waals surface area (Å²) in [5, 5.41) is 8.43. The normalized spacial score (nSPS) is 24.1. The van der Waals surface area contributed by atoms with Crippen molar-refractivity contribution in [3.63, 3.8) is 0 Å². The lowest BCUT2D eigenvalue weighted by molar-refractivity contribution is -0.0222. The SMILES string of the molecule is CCC[C@@H]1Oc2c(Cl)cc(Cl)cc2[C@@H]2CC(CC[C@@H](C)[C@@H](C)[C@@H](C)CC)=NN12. The van der Waals surface area contributed by atoms with Crippen molar-refractivity contribution in [2.45, 2.75) is 85.4 Å². The summed E-state index contributed by atoms with van der Waals surface area (Å²) in [6.45, 7) is 11.6. The van der Waals surface area contributed by atoms with Gasteiger partial charge in [0.25, 0.3) is 0 Å². The maximum absolute atomic E-state index is 6.46. The predicted octanol–water partition coefficient (Wildman–Crippen LogP) is 7.71. The first kappa shape index (κ1) is 21.8. The molecule has 0 unspecified atom stereocenters. The minimum Gasteiger partial charge on any atom is -0.467 e. The van der Waals surface area contributed by atoms with Crippen LogP contribution in [-0.4, -0.2) is 16.9 Å². The Bertz CT molecular complexity index is 721. The maximum Gasteiger partial charge on any atom is 0.187 e. The summed E-state index contributed by atoms with van der Waals surface area (Å²) in [6.07, 6.45) is 6.37. The van der Waals surface area contributed by atoms with Gasteiger partial charge in [-0.3, -0.25) is 5.01 Å². The van der Waals surface area contributed by atoms with Crippen LogP contribution >= 0.6 is 23.2 Å². The highest BCUT2D eigenvalue weighted by Gasteiger charge is 2.40. The topological polar surface area (TPSA) is 24.8 Å². The molecule has 0 radical (unpaired) electrons. The zero-order chi connectivity index (χ0) is 20.4. The van der Waals surface area contributed by atoms with Gasteiger partial charge >= 0.3 is 0 Å². The molecule has 0 saturated carbocycles. The van der Waals surface area contributed by atoms with Crippen molar-refractivity contribution in [1.82, 2.24) is 5.01 Å². The van der Waals surface area contributed by atoms with Crippen molar-refractivity contribution < 1.29 is 4.74 Å². The molecule has 2 heterocycles. The van der Waals surface area contributed by atoms with E-state index in [0.29, 0.717) is 16.0 Å². The van der Waals surface area contributed by atoms with Crippen molar-refractivity contribution in [1.29, 1.82) is 0 Å². The molecule has 3 nitrogen and oxygen atoms in total. The Morgan fingerprint density at radius 2 is 1.93 bits per heavy atom. The molecular formula is C23H34Cl2N2O. The third kappa shape index (κ3) is 4.46. The second-order valence-corrected chi connectivity index (χ2v) is 9.54. The van der Waals surface area contributed by atoms with E-state index in [9.17, 15) is 0 Å². The zero-order valence-corrected chi connectivity index (χ0v) is 19.4. The molecule has 2 aliphatic rings. The highest BCUT2D eigenvalue weighted by molar-refractivity contribution is 6.35. The van der Waals surface area contributed by atoms with Gasteiger partial charge in [-0.15, -0.1) is 0 Å². The first-order chi connectivity index (χ1) is 13.3. The van der Waals surface area contributed by atoms with Crippen LogP contribution in [0.4, 0.5) is 0 Å². The van der Waals surface area contributed by atoms with Gasteiger partial charge in [-0.05, 0) is 42.7 Å². The van der Waals surface area contributed by atoms with Gasteiger partial charge in [0.1, 0.15) is 5.75 Å². The molecule has 28 heavy (non-hydrogen) atoms. The third-order valence-corrected chi connectivity index (χ3v) is 7.31. The molecule has 0 bridgehead atoms. The lowest BCUT2D eigenvalue weighted by atomic mass is 9.81. The second kappa shape index (κ2) is 9.26. The first-order valence-corrected chi connectivity index (χ1v) is 11.6. The van der Waals surface area contributed by atoms with Gasteiger partial charge in [0.2, 0.25) is 0 Å². The number of benzene rings is 1. The van der Waals surface area contributed by atoms with E-state index in [4.69, 9.17) is 33.0 Å². The summed E-state index contributed by atoms with van der Waals surface area (Å²) in [5.74, 6) is 3.00. The van der Waals surface area contributed by atoms with Gasteiger partial charge in [0, 0.05) is 29.1 Å². The monoisotopic (exact) mass is 424 g/mol. The number of rotatable bonds is 8. The lowest BCUT2D eigenvalue weighted by Gasteiger charge is -2.38. The second-order valence-electron chi connectivity index (χ2n) is 8.69. The van der Waals surface area contributed by atoms with E-state index in [1.165, 1.54) is 18.6 Å². The number of hydrogen-bond donors (Lipinski definition) is 0. The van der Waals surface area contributed by atoms with Crippen molar-refractivity contribution in [2.24, 2.45) is 22.9 Å². The van der Waals surface area contributed by atoms with Gasteiger partial charge in [0.15, 0.2) is 6.23 Å². The molecule has 1 aromatic carbocycles. The van der Waals surface area contributed by atoms with Crippen molar-refractivity contribution >= 4 is 28.9 Å². The molecular weight excluding hydrogens is 391 g/mol. The number of halogens is 2. The lowest BCUT2D eigenvalue weighted by Crippen LogP contribution is -2.40. The van der Waals surface area contributed by atoms with Gasteiger partial charge in [-0.25, -0.2) is 0 Å². The smallest absolute Gasteiger partial charge is 0.187 e. The third-order valence-electron chi connectivity index (χ3n) is 6.81. The molecule has 0 aromatic heterocycles. The largest absolute Gasteiger partial charge is 0.467 e. The summed E-state index contributed by atoms with van der Waals surface area (Å²) < 4.78 is 6.26. The number of hydrazone groups is 1. The molecule has 156 valence electrons. The zero-order valence-electron chi connectivity index (χ0n) is 17.8. The van der Waals surface area contributed by atoms with E-state index in [2.05, 4.69) is 39.6 Å². The number of ether oxygens (including phenoxy) is 1. The average molecular weight is 425 g/mol. The minimum atomic E-state index is -0.0462. The molecule has 0 saturated heterocycles. The van der Waals surface area contributed by atoms with Gasteiger partial charge < -0.3 is 4.74 Å². The van der Waals surface area contributed by atoms with Crippen LogP contribution in [0.15, 0.2) is 17.2 Å². The van der Waals surface area contributed by atoms with E-state index in [0.717, 1.165) is 48.8 Å². The Morgan fingerprint density at radius 3 is 2.61 bits per heavy atom. The molecule has 2 aliphatic heterocycles. The van der Waals surface area contributed by atoms with Crippen molar-refractivity contribution in [3.8, 4) is 5.75 Å². The molecule has 5 heteroatoms. The van der Waals surface area contributed by atoms with Crippen LogP contribution in [-0.2, 0) is 0 Å². The van der Waals surface area contributed by atoms with Crippen LogP contribution in [0.3, 0.4) is 0 Å². The fraction of sp³-hybridized carbons (Fsp3) is 0.696. The van der Waals surface area contributed by atoms with E-state index in [1.54, 1.807) is 6.07 Å². The Balaban J connectivity index is 1.75. The van der Waals surface area contributed by atoms with E-state index in [1.807, 2.05) is 6.07 Å². The fourth-order valence-corrected chi connectivity index (χ4v) is 4.98. The molecule has 5 atom stereocenters. The standard InChI is InChI=1S/C23H34Cl2N2O/c1-6-8-22-27-21(19-11-17(24)12-20(25)23(19)28-22)13-18(26-27)10-9-15(4)16(5)14(3)7-2/h11-12,14-16,21-22H,6-10,13H2,1-5H3/t14-,15+,16-,21-,22-/m0/s1. The van der Waals surface area contributed by atoms with Crippen LogP contribution in [0.2, 0.25) is 10.0 Å². The molecule has 0 amide bonds. The molecule has 0 N–H and O–H groups in total. The molecule has 0 aliphatic carbocycles. The van der Waals surface area contributed by atoms with Crippen LogP contribution in [0.1, 0.15) is 84.7 Å². The van der Waals surface area contributed by atoms with Crippen molar-refractivity contribution in [2.75, 3.05) is 0 Å². The number of nitrogens with zero attached hydrogens (tertiary/aromatic N) is 2. The number of fused-ring (bicyclic) bond motifs is 3. The minimum absolute atomic E-state index is 0.0462. The van der Waals surface area contributed by atoms with Gasteiger partial charge in [-0.1, -0.05) is 70.7 Å². The summed E-state index contributed by atoms with van der Waals surface area (Å²) in [6, 6.07) is 3.96. The van der Waals surface area contributed by atoms with Crippen LogP contribution < -0.4 is 4.74 Å². The van der Waals surface area contributed by atoms with E-state index < -0.39 is 0 Å². The average Bonchev–Trinajstić information content (AvgIpc) is 3.10. The maximum atomic E-state index is 6.46. The molecule has 0 fully saturated rings. The molecule has 0 spiro atoms. The highest BCUT2D eigenvalue weighted by Crippen LogP contribution is 2.47. The summed E-state index contributed by atoms with van der Waals surface area (Å²) in [7, 11) is 0. The quantitative estimate of drug-likeness (QED) is 0.426. The fourth-order valence-electron chi connectivity index (χ4n) is 4.43. The highest BCUT2D eigenvalue weighted by atomic mass is 35.5. The van der Waals surface area contributed by atoms with E-state index in [-0.39, 0.29) is 12.3 Å². The van der Waals surface area contributed by atoms with Gasteiger partial charge in [-0.2, -0.15) is 5.10 Å². The van der Waals surface area contributed by atoms with Crippen LogP contribution in [0.25, 0.3) is 0 Å². The molecule has 3 rings (SSSR count). The Labute approximate surface area is 180 Å². The summed E-state index contributed by atoms with van der Waals surface area (Å²) in [5.41, 5.74) is 2.35. The summed E-state index contributed by atoms with van der Waals surface area (Å²) >= 11 is 12.7. The summed E-state index contributed by atoms with van der Waals surface area (Å²) in [4.78, 5) is 0. The van der Waals surface area contributed by atoms with E-state index >= 15 is 0 Å². The Morgan fingerprint density at radius 1 is 1.18 bits per heavy atom. The Kier molecular flexibility index (Phi) is 7.20. The first-order valence-electron chi connectivity index (χ1n) is 10.9. The van der Waals surface area contributed by atoms with Gasteiger partial charge in [0.05, 0.1) is 11.1 Å². The van der Waals surface area contributed by atoms with Crippen LogP contribution in [0.5, 0.6) is 5.75 Å². The van der Waals surface area contributed by atoms with Crippen molar-refractivity contribution in [3.05, 3.63) is 27.7 Å². The Hall–Kier alpha value is -0.930.